The fourth-order valence-corrected chi connectivity index (χ4v) is 2.53. The minimum Gasteiger partial charge on any atom is -0.491 e. The zero-order chi connectivity index (χ0) is 17.8. The zero-order valence-electron chi connectivity index (χ0n) is 13.1. The maximum absolute atomic E-state index is 12.4. The highest BCUT2D eigenvalue weighted by Crippen LogP contribution is 2.14. The van der Waals surface area contributed by atoms with Crippen LogP contribution in [0.3, 0.4) is 0 Å². The quantitative estimate of drug-likeness (QED) is 0.759. The van der Waals surface area contributed by atoms with Crippen LogP contribution >= 0.6 is 11.6 Å². The Hall–Kier alpha value is -2.88. The summed E-state index contributed by atoms with van der Waals surface area (Å²) in [5.41, 5.74) is 0.790. The highest BCUT2D eigenvalue weighted by Gasteiger charge is 2.10. The molecule has 0 radical (unpaired) electrons. The van der Waals surface area contributed by atoms with Crippen LogP contribution in [-0.4, -0.2) is 27.4 Å². The number of aliphatic hydroxyl groups excluding tert-OH is 1. The first-order valence-electron chi connectivity index (χ1n) is 7.52. The molecule has 3 aromatic rings. The molecule has 126 valence electrons. The normalized spacial score (nSPS) is 11.9. The average Bonchev–Trinajstić information content (AvgIpc) is 2.62. The minimum atomic E-state index is -0.889. The molecule has 0 bridgehead atoms. The van der Waals surface area contributed by atoms with Gasteiger partial charge in [0.2, 0.25) is 0 Å². The lowest BCUT2D eigenvalue weighted by atomic mass is 10.2. The van der Waals surface area contributed by atoms with E-state index < -0.39 is 6.10 Å². The maximum atomic E-state index is 12.4. The standard InChI is InChI=1S/C18H14ClN3O3/c19-13-3-6-16-17(7-13)21-11-22(18(16)24)9-14(23)10-25-15-4-1-12(8-20)2-5-15/h1-7,11,14,23H,9-10H2. The van der Waals surface area contributed by atoms with Crippen molar-refractivity contribution in [3.63, 3.8) is 0 Å². The Balaban J connectivity index is 1.68. The Kier molecular flexibility index (Phi) is 4.98. The van der Waals surface area contributed by atoms with Gasteiger partial charge in [-0.1, -0.05) is 11.6 Å². The summed E-state index contributed by atoms with van der Waals surface area (Å²) in [6, 6.07) is 13.4. The molecule has 0 aliphatic heterocycles. The van der Waals surface area contributed by atoms with E-state index in [0.717, 1.165) is 0 Å². The summed E-state index contributed by atoms with van der Waals surface area (Å²) in [5, 5.41) is 19.8. The van der Waals surface area contributed by atoms with Crippen molar-refractivity contribution >= 4 is 22.5 Å². The lowest BCUT2D eigenvalue weighted by Crippen LogP contribution is -2.30. The van der Waals surface area contributed by atoms with Gasteiger partial charge in [-0.05, 0) is 42.5 Å². The molecule has 1 heterocycles. The monoisotopic (exact) mass is 355 g/mol. The zero-order valence-corrected chi connectivity index (χ0v) is 13.8. The van der Waals surface area contributed by atoms with E-state index in [-0.39, 0.29) is 18.7 Å². The number of fused-ring (bicyclic) bond motifs is 1. The summed E-state index contributed by atoms with van der Waals surface area (Å²) in [6.07, 6.45) is 0.492. The molecule has 0 fully saturated rings. The molecule has 3 rings (SSSR count). The first-order valence-corrected chi connectivity index (χ1v) is 7.90. The van der Waals surface area contributed by atoms with Crippen LogP contribution in [0.25, 0.3) is 10.9 Å². The number of benzene rings is 2. The highest BCUT2D eigenvalue weighted by molar-refractivity contribution is 6.31. The number of rotatable bonds is 5. The summed E-state index contributed by atoms with van der Waals surface area (Å²) < 4.78 is 6.81. The molecule has 0 spiro atoms. The lowest BCUT2D eigenvalue weighted by molar-refractivity contribution is 0.0915. The molecule has 7 heteroatoms. The van der Waals surface area contributed by atoms with Crippen LogP contribution in [0.5, 0.6) is 5.75 Å². The van der Waals surface area contributed by atoms with Crippen LogP contribution in [0, 0.1) is 11.3 Å². The summed E-state index contributed by atoms with van der Waals surface area (Å²) in [4.78, 5) is 16.6. The van der Waals surface area contributed by atoms with E-state index >= 15 is 0 Å². The van der Waals surface area contributed by atoms with Gasteiger partial charge in [-0.25, -0.2) is 4.98 Å². The molecular weight excluding hydrogens is 342 g/mol. The molecule has 0 saturated carbocycles. The number of hydrogen-bond donors (Lipinski definition) is 1. The Morgan fingerprint density at radius 2 is 2.04 bits per heavy atom. The van der Waals surface area contributed by atoms with E-state index in [1.54, 1.807) is 42.5 Å². The first kappa shape index (κ1) is 17.0. The van der Waals surface area contributed by atoms with Crippen molar-refractivity contribution in [1.29, 1.82) is 5.26 Å². The molecule has 1 N–H and O–H groups in total. The predicted octanol–water partition coefficient (Wildman–Crippen LogP) is 2.36. The van der Waals surface area contributed by atoms with E-state index in [0.29, 0.717) is 27.2 Å². The van der Waals surface area contributed by atoms with Crippen molar-refractivity contribution in [3.05, 3.63) is 69.7 Å². The van der Waals surface area contributed by atoms with E-state index in [1.165, 1.54) is 10.9 Å². The molecule has 2 aromatic carbocycles. The van der Waals surface area contributed by atoms with Gasteiger partial charge in [0.05, 0.1) is 35.4 Å². The molecule has 1 aromatic heterocycles. The fourth-order valence-electron chi connectivity index (χ4n) is 2.36. The van der Waals surface area contributed by atoms with Gasteiger partial charge in [-0.2, -0.15) is 5.26 Å². The average molecular weight is 356 g/mol. The Labute approximate surface area is 148 Å². The Bertz CT molecular complexity index is 993. The minimum absolute atomic E-state index is 0.0109. The van der Waals surface area contributed by atoms with Crippen molar-refractivity contribution in [2.45, 2.75) is 12.6 Å². The molecule has 0 aliphatic rings. The number of halogens is 1. The highest BCUT2D eigenvalue weighted by atomic mass is 35.5. The second kappa shape index (κ2) is 7.34. The van der Waals surface area contributed by atoms with Crippen LogP contribution in [-0.2, 0) is 6.54 Å². The molecule has 1 atom stereocenters. The van der Waals surface area contributed by atoms with Crippen molar-refractivity contribution in [2.24, 2.45) is 0 Å². The molecule has 0 aliphatic carbocycles. The summed E-state index contributed by atoms with van der Waals surface area (Å²) >= 11 is 5.89. The molecule has 6 nitrogen and oxygen atoms in total. The van der Waals surface area contributed by atoms with Gasteiger partial charge in [0.15, 0.2) is 0 Å². The van der Waals surface area contributed by atoms with Gasteiger partial charge in [-0.3, -0.25) is 9.36 Å². The van der Waals surface area contributed by atoms with Gasteiger partial charge in [0, 0.05) is 5.02 Å². The van der Waals surface area contributed by atoms with Crippen molar-refractivity contribution in [3.8, 4) is 11.8 Å². The number of aliphatic hydroxyl groups is 1. The number of nitriles is 1. The first-order chi connectivity index (χ1) is 12.1. The SMILES string of the molecule is N#Cc1ccc(OCC(O)Cn2cnc3cc(Cl)ccc3c2=O)cc1. The number of ether oxygens (including phenoxy) is 1. The van der Waals surface area contributed by atoms with E-state index in [2.05, 4.69) is 4.98 Å². The largest absolute Gasteiger partial charge is 0.491 e. The van der Waals surface area contributed by atoms with Gasteiger partial charge in [-0.15, -0.1) is 0 Å². The Morgan fingerprint density at radius 3 is 2.76 bits per heavy atom. The Morgan fingerprint density at radius 1 is 1.28 bits per heavy atom. The molecule has 0 saturated heterocycles. The summed E-state index contributed by atoms with van der Waals surface area (Å²) in [6.45, 7) is 0.0671. The van der Waals surface area contributed by atoms with Gasteiger partial charge in [0.25, 0.3) is 5.56 Å². The second-order valence-corrected chi connectivity index (χ2v) is 5.90. The number of aromatic nitrogens is 2. The van der Waals surface area contributed by atoms with Crippen LogP contribution in [0.2, 0.25) is 5.02 Å². The van der Waals surface area contributed by atoms with Crippen LogP contribution in [0.15, 0.2) is 53.6 Å². The van der Waals surface area contributed by atoms with Crippen molar-refractivity contribution in [1.82, 2.24) is 9.55 Å². The molecule has 0 amide bonds. The lowest BCUT2D eigenvalue weighted by Gasteiger charge is -2.14. The maximum Gasteiger partial charge on any atom is 0.261 e. The van der Waals surface area contributed by atoms with Crippen molar-refractivity contribution < 1.29 is 9.84 Å². The third-order valence-electron chi connectivity index (χ3n) is 3.62. The van der Waals surface area contributed by atoms with Gasteiger partial charge >= 0.3 is 0 Å². The van der Waals surface area contributed by atoms with E-state index in [9.17, 15) is 9.90 Å². The van der Waals surface area contributed by atoms with E-state index in [4.69, 9.17) is 21.6 Å². The molecular formula is C18H14ClN3O3. The van der Waals surface area contributed by atoms with E-state index in [1.807, 2.05) is 6.07 Å². The van der Waals surface area contributed by atoms with Crippen LogP contribution < -0.4 is 10.3 Å². The number of hydrogen-bond acceptors (Lipinski definition) is 5. The van der Waals surface area contributed by atoms with Gasteiger partial charge in [0.1, 0.15) is 18.5 Å². The molecule has 25 heavy (non-hydrogen) atoms. The topological polar surface area (TPSA) is 88.1 Å². The predicted molar refractivity (Wildman–Crippen MR) is 93.7 cm³/mol. The summed E-state index contributed by atoms with van der Waals surface area (Å²) in [7, 11) is 0. The third-order valence-corrected chi connectivity index (χ3v) is 3.86. The van der Waals surface area contributed by atoms with Crippen LogP contribution in [0.1, 0.15) is 5.56 Å². The third kappa shape index (κ3) is 3.97. The van der Waals surface area contributed by atoms with Crippen LogP contribution in [0.4, 0.5) is 0 Å². The number of nitrogens with zero attached hydrogens (tertiary/aromatic N) is 3. The summed E-state index contributed by atoms with van der Waals surface area (Å²) in [5.74, 6) is 0.539. The molecule has 1 unspecified atom stereocenters. The second-order valence-electron chi connectivity index (χ2n) is 5.46. The smallest absolute Gasteiger partial charge is 0.261 e. The van der Waals surface area contributed by atoms with Gasteiger partial charge < -0.3 is 9.84 Å². The van der Waals surface area contributed by atoms with Crippen molar-refractivity contribution in [2.75, 3.05) is 6.61 Å². The fraction of sp³-hybridized carbons (Fsp3) is 0.167.